The van der Waals surface area contributed by atoms with E-state index < -0.39 is 5.97 Å². The van der Waals surface area contributed by atoms with Crippen molar-refractivity contribution in [3.8, 4) is 0 Å². The van der Waals surface area contributed by atoms with Gasteiger partial charge in [-0.25, -0.2) is 14.3 Å². The molecule has 5 heteroatoms. The molecule has 0 radical (unpaired) electrons. The number of nitrogens with two attached hydrogens (primary N) is 1. The molecule has 1 aliphatic rings. The first-order chi connectivity index (χ1) is 15.5. The number of hydrogen-bond acceptors (Lipinski definition) is 3. The Morgan fingerprint density at radius 1 is 0.938 bits per heavy atom. The van der Waals surface area contributed by atoms with E-state index in [9.17, 15) is 9.90 Å². The Kier molecular flexibility index (Phi) is 16.1. The Hall–Kier alpha value is -1.46. The van der Waals surface area contributed by atoms with E-state index in [1.165, 1.54) is 96.3 Å². The fraction of sp³-hybridized carbons (Fsp3) is 0.778. The number of nitrogens with zero attached hydrogens (tertiary/aromatic N) is 2. The molecule has 5 nitrogen and oxygen atoms in total. The van der Waals surface area contributed by atoms with Crippen molar-refractivity contribution in [1.29, 1.82) is 0 Å². The predicted octanol–water partition coefficient (Wildman–Crippen LogP) is 7.28. The van der Waals surface area contributed by atoms with Crippen LogP contribution < -0.4 is 5.73 Å². The van der Waals surface area contributed by atoms with Crippen molar-refractivity contribution in [2.24, 2.45) is 10.7 Å². The normalized spacial score (nSPS) is 19.0. The van der Waals surface area contributed by atoms with Crippen LogP contribution in [0.25, 0.3) is 0 Å². The van der Waals surface area contributed by atoms with E-state index in [0.29, 0.717) is 6.42 Å². The SMILES string of the molecule is CCCCCCCCCCCCCCCCC/C=C/CC1=NC=C[N+]1(CC(=O)O)C(C)N. The summed E-state index contributed by atoms with van der Waals surface area (Å²) < 4.78 is 0.124. The molecule has 0 aromatic carbocycles. The minimum Gasteiger partial charge on any atom is -0.477 e. The lowest BCUT2D eigenvalue weighted by atomic mass is 10.0. The Morgan fingerprint density at radius 3 is 1.91 bits per heavy atom. The molecule has 2 atom stereocenters. The molecule has 3 N–H and O–H groups in total. The highest BCUT2D eigenvalue weighted by Gasteiger charge is 2.40. The van der Waals surface area contributed by atoms with Crippen LogP contribution in [0.1, 0.15) is 123 Å². The minimum absolute atomic E-state index is 0.0557. The van der Waals surface area contributed by atoms with E-state index in [1.54, 1.807) is 12.4 Å². The maximum Gasteiger partial charge on any atom is 0.360 e. The van der Waals surface area contributed by atoms with Gasteiger partial charge in [0.2, 0.25) is 5.84 Å². The number of carboxylic acid groups (broad SMARTS) is 1. The first-order valence-corrected chi connectivity index (χ1v) is 13.3. The summed E-state index contributed by atoms with van der Waals surface area (Å²) in [6, 6.07) is 0. The summed E-state index contributed by atoms with van der Waals surface area (Å²) in [5, 5.41) is 9.26. The van der Waals surface area contributed by atoms with Crippen molar-refractivity contribution in [3.63, 3.8) is 0 Å². The van der Waals surface area contributed by atoms with Crippen molar-refractivity contribution in [2.45, 2.75) is 129 Å². The number of quaternary nitrogens is 1. The standard InChI is InChI=1S/C27H49N3O2/c1-3-4-5-6-7-8-9-10-11-12-13-14-15-16-17-18-19-20-21-26-29-22-23-30(26,25(2)28)24-27(31)32/h19-20,22-23,25H,3-18,21,24,28H2,1-2H3/p+1/b20-19+. The highest BCUT2D eigenvalue weighted by atomic mass is 16.4. The molecule has 0 saturated heterocycles. The van der Waals surface area contributed by atoms with E-state index in [2.05, 4.69) is 24.1 Å². The Morgan fingerprint density at radius 2 is 1.44 bits per heavy atom. The predicted molar refractivity (Wildman–Crippen MR) is 136 cm³/mol. The zero-order valence-electron chi connectivity index (χ0n) is 20.9. The number of carbonyl (C=O) groups is 1. The van der Waals surface area contributed by atoms with Gasteiger partial charge in [-0.05, 0) is 12.8 Å². The summed E-state index contributed by atoms with van der Waals surface area (Å²) in [6.45, 7) is 4.06. The number of unbranched alkanes of at least 4 members (excludes halogenated alkanes) is 15. The second-order valence-electron chi connectivity index (χ2n) is 9.48. The van der Waals surface area contributed by atoms with Crippen LogP contribution in [0, 0.1) is 0 Å². The zero-order chi connectivity index (χ0) is 23.5. The molecule has 1 rings (SSSR count). The third-order valence-corrected chi connectivity index (χ3v) is 6.60. The average molecular weight is 449 g/mol. The van der Waals surface area contributed by atoms with Crippen LogP contribution in [0.2, 0.25) is 0 Å². The highest BCUT2D eigenvalue weighted by Crippen LogP contribution is 2.22. The fourth-order valence-electron chi connectivity index (χ4n) is 4.48. The largest absolute Gasteiger partial charge is 0.477 e. The van der Waals surface area contributed by atoms with Crippen LogP contribution in [0.4, 0.5) is 0 Å². The van der Waals surface area contributed by atoms with Crippen LogP contribution in [0.15, 0.2) is 29.5 Å². The Bertz CT molecular complexity index is 583. The van der Waals surface area contributed by atoms with E-state index in [-0.39, 0.29) is 17.2 Å². The zero-order valence-corrected chi connectivity index (χ0v) is 20.9. The van der Waals surface area contributed by atoms with Gasteiger partial charge in [0.25, 0.3) is 0 Å². The lowest BCUT2D eigenvalue weighted by Gasteiger charge is -2.34. The van der Waals surface area contributed by atoms with E-state index in [4.69, 9.17) is 5.73 Å². The van der Waals surface area contributed by atoms with Crippen LogP contribution >= 0.6 is 0 Å². The molecule has 0 aliphatic carbocycles. The smallest absolute Gasteiger partial charge is 0.360 e. The third kappa shape index (κ3) is 12.0. The second-order valence-corrected chi connectivity index (χ2v) is 9.48. The molecule has 1 heterocycles. The molecular weight excluding hydrogens is 398 g/mol. The van der Waals surface area contributed by atoms with Crippen LogP contribution in [0.3, 0.4) is 0 Å². The van der Waals surface area contributed by atoms with E-state index in [1.807, 2.05) is 6.92 Å². The number of rotatable bonds is 21. The monoisotopic (exact) mass is 448 g/mol. The van der Waals surface area contributed by atoms with E-state index >= 15 is 0 Å². The van der Waals surface area contributed by atoms with Crippen LogP contribution in [-0.2, 0) is 4.79 Å². The molecule has 0 fully saturated rings. The lowest BCUT2D eigenvalue weighted by molar-refractivity contribution is -0.805. The third-order valence-electron chi connectivity index (χ3n) is 6.60. The van der Waals surface area contributed by atoms with Gasteiger partial charge in [0.05, 0.1) is 12.6 Å². The molecule has 184 valence electrons. The van der Waals surface area contributed by atoms with Gasteiger partial charge in [0.1, 0.15) is 12.4 Å². The summed E-state index contributed by atoms with van der Waals surface area (Å²) in [5.74, 6) is -0.0431. The highest BCUT2D eigenvalue weighted by molar-refractivity contribution is 5.82. The van der Waals surface area contributed by atoms with Gasteiger partial charge in [-0.1, -0.05) is 109 Å². The molecular formula is C27H50N3O2+. The Labute approximate surface area is 197 Å². The summed E-state index contributed by atoms with van der Waals surface area (Å²) in [5.41, 5.74) is 6.09. The van der Waals surface area contributed by atoms with Gasteiger partial charge in [0.15, 0.2) is 6.54 Å². The fourth-order valence-corrected chi connectivity index (χ4v) is 4.48. The molecule has 0 saturated carbocycles. The first kappa shape index (κ1) is 28.6. The number of aliphatic carboxylic acids is 1. The van der Waals surface area contributed by atoms with Crippen molar-refractivity contribution in [2.75, 3.05) is 6.54 Å². The van der Waals surface area contributed by atoms with Crippen LogP contribution in [-0.4, -0.2) is 34.1 Å². The van der Waals surface area contributed by atoms with Crippen molar-refractivity contribution < 1.29 is 14.4 Å². The van der Waals surface area contributed by atoms with Gasteiger partial charge in [0, 0.05) is 6.92 Å². The number of hydrogen-bond donors (Lipinski definition) is 2. The molecule has 0 bridgehead atoms. The van der Waals surface area contributed by atoms with Gasteiger partial charge >= 0.3 is 5.97 Å². The molecule has 0 amide bonds. The van der Waals surface area contributed by atoms with E-state index in [0.717, 1.165) is 12.3 Å². The van der Waals surface area contributed by atoms with Gasteiger partial charge < -0.3 is 5.11 Å². The molecule has 0 aromatic rings. The average Bonchev–Trinajstić information content (AvgIpc) is 3.16. The van der Waals surface area contributed by atoms with Crippen molar-refractivity contribution >= 4 is 11.8 Å². The minimum atomic E-state index is -0.858. The lowest BCUT2D eigenvalue weighted by Crippen LogP contribution is -2.58. The first-order valence-electron chi connectivity index (χ1n) is 13.3. The quantitative estimate of drug-likeness (QED) is 0.110. The van der Waals surface area contributed by atoms with Crippen LogP contribution in [0.5, 0.6) is 0 Å². The van der Waals surface area contributed by atoms with Crippen molar-refractivity contribution in [3.05, 3.63) is 24.6 Å². The maximum atomic E-state index is 11.3. The molecule has 2 unspecified atom stereocenters. The maximum absolute atomic E-state index is 11.3. The molecule has 0 spiro atoms. The summed E-state index contributed by atoms with van der Waals surface area (Å²) in [6.07, 6.45) is 30.0. The summed E-state index contributed by atoms with van der Waals surface area (Å²) in [4.78, 5) is 15.7. The molecule has 0 aromatic heterocycles. The molecule has 32 heavy (non-hydrogen) atoms. The summed E-state index contributed by atoms with van der Waals surface area (Å²) in [7, 11) is 0. The molecule has 1 aliphatic heterocycles. The second kappa shape index (κ2) is 18.0. The van der Waals surface area contributed by atoms with Crippen molar-refractivity contribution in [1.82, 2.24) is 0 Å². The number of allylic oxidation sites excluding steroid dienone is 1. The van der Waals surface area contributed by atoms with Gasteiger partial charge in [-0.15, -0.1) is 0 Å². The number of aliphatic imine (C=N–C) groups is 1. The van der Waals surface area contributed by atoms with Gasteiger partial charge in [-0.3, -0.25) is 5.73 Å². The topological polar surface area (TPSA) is 75.7 Å². The Balaban J connectivity index is 1.98. The number of carboxylic acids is 1. The summed E-state index contributed by atoms with van der Waals surface area (Å²) >= 11 is 0. The number of amidine groups is 1. The van der Waals surface area contributed by atoms with Gasteiger partial charge in [-0.2, -0.15) is 0 Å².